The van der Waals surface area contributed by atoms with Crippen molar-refractivity contribution in [3.63, 3.8) is 0 Å². The van der Waals surface area contributed by atoms with Gasteiger partial charge in [-0.05, 0) is 0 Å². The van der Waals surface area contributed by atoms with Gasteiger partial charge < -0.3 is 9.84 Å². The number of carbonyl (C=O) groups is 2. The van der Waals surface area contributed by atoms with Crippen molar-refractivity contribution in [1.82, 2.24) is 0 Å². The molecule has 0 fully saturated rings. The number of esters is 1. The van der Waals surface area contributed by atoms with Gasteiger partial charge in [-0.15, -0.1) is 0 Å². The number of hydrogen-bond acceptors (Lipinski definition) is 5. The summed E-state index contributed by atoms with van der Waals surface area (Å²) >= 11 is 0. The van der Waals surface area contributed by atoms with Crippen LogP contribution in [-0.2, 0) is 14.3 Å². The van der Waals surface area contributed by atoms with Gasteiger partial charge in [0.25, 0.3) is 0 Å². The van der Waals surface area contributed by atoms with E-state index in [1.54, 1.807) is 10.8 Å². The van der Waals surface area contributed by atoms with Gasteiger partial charge in [-0.25, -0.2) is 0 Å². The Hall–Kier alpha value is -0.360. The van der Waals surface area contributed by atoms with Gasteiger partial charge in [-0.1, -0.05) is 28.5 Å². The van der Waals surface area contributed by atoms with Gasteiger partial charge >= 0.3 is 11.9 Å². The Bertz CT molecular complexity index is 172. The quantitative estimate of drug-likeness (QED) is 0.308. The summed E-state index contributed by atoms with van der Waals surface area (Å²) in [4.78, 5) is 20.9. The fraction of sp³-hybridized carbons (Fsp3) is 0.714. The second-order valence-electron chi connectivity index (χ2n) is 2.05. The van der Waals surface area contributed by atoms with Gasteiger partial charge in [-0.3, -0.25) is 9.59 Å². The second-order valence-corrected chi connectivity index (χ2v) is 4.75. The van der Waals surface area contributed by atoms with Crippen LogP contribution in [0.2, 0.25) is 0 Å². The van der Waals surface area contributed by atoms with Gasteiger partial charge in [-0.2, -0.15) is 0 Å². The highest BCUT2D eigenvalue weighted by molar-refractivity contribution is 8.76. The van der Waals surface area contributed by atoms with E-state index in [4.69, 9.17) is 9.84 Å². The Morgan fingerprint density at radius 2 is 2.00 bits per heavy atom. The highest BCUT2D eigenvalue weighted by atomic mass is 33.1. The molecule has 4 nitrogen and oxygen atoms in total. The monoisotopic (exact) mass is 224 g/mol. The van der Waals surface area contributed by atoms with Gasteiger partial charge in [0.15, 0.2) is 0 Å². The third kappa shape index (κ3) is 9.55. The van der Waals surface area contributed by atoms with Crippen molar-refractivity contribution in [3.05, 3.63) is 0 Å². The highest BCUT2D eigenvalue weighted by Gasteiger charge is 2.05. The maximum atomic E-state index is 10.8. The molecule has 0 aliphatic rings. The zero-order valence-electron chi connectivity index (χ0n) is 7.32. The Morgan fingerprint density at radius 1 is 1.31 bits per heavy atom. The van der Waals surface area contributed by atoms with Crippen LogP contribution in [0.15, 0.2) is 0 Å². The molecule has 0 atom stereocenters. The minimum absolute atomic E-state index is 0.0489. The minimum atomic E-state index is -0.979. The van der Waals surface area contributed by atoms with E-state index in [0.29, 0.717) is 0 Å². The van der Waals surface area contributed by atoms with Crippen LogP contribution in [0.3, 0.4) is 0 Å². The number of hydrogen-bond donors (Lipinski definition) is 1. The molecule has 0 aliphatic heterocycles. The van der Waals surface area contributed by atoms with E-state index in [-0.39, 0.29) is 18.8 Å². The molecule has 0 unspecified atom stereocenters. The lowest BCUT2D eigenvalue weighted by Crippen LogP contribution is -2.06. The molecule has 0 heterocycles. The summed E-state index contributed by atoms with van der Waals surface area (Å²) in [5.74, 6) is -0.187. The number of carbonyl (C=O) groups excluding carboxylic acids is 1. The van der Waals surface area contributed by atoms with Crippen LogP contribution in [-0.4, -0.2) is 28.7 Å². The summed E-state index contributed by atoms with van der Waals surface area (Å²) in [5.41, 5.74) is 0. The van der Waals surface area contributed by atoms with E-state index in [0.717, 1.165) is 5.75 Å². The summed E-state index contributed by atoms with van der Waals surface area (Å²) in [6.07, 6.45) is -0.211. The molecule has 0 aromatic carbocycles. The SMILES string of the molecule is CCSSCOC(=O)CCC(=O)O. The molecule has 1 N–H and O–H groups in total. The number of aliphatic carboxylic acids is 1. The van der Waals surface area contributed by atoms with Crippen LogP contribution in [0.4, 0.5) is 0 Å². The van der Waals surface area contributed by atoms with Gasteiger partial charge in [0.1, 0.15) is 5.94 Å². The molecule has 0 aromatic heterocycles. The topological polar surface area (TPSA) is 63.6 Å². The lowest BCUT2D eigenvalue weighted by molar-refractivity contribution is -0.146. The zero-order valence-corrected chi connectivity index (χ0v) is 8.95. The van der Waals surface area contributed by atoms with Crippen molar-refractivity contribution in [2.75, 3.05) is 11.7 Å². The standard InChI is InChI=1S/C7H12O4S2/c1-2-12-13-5-11-7(10)4-3-6(8)9/h2-5H2,1H3,(H,8,9). The van der Waals surface area contributed by atoms with Crippen molar-refractivity contribution in [1.29, 1.82) is 0 Å². The molecule has 76 valence electrons. The predicted molar refractivity (Wildman–Crippen MR) is 53.6 cm³/mol. The van der Waals surface area contributed by atoms with E-state index in [1.165, 1.54) is 10.8 Å². The maximum Gasteiger partial charge on any atom is 0.307 e. The zero-order chi connectivity index (χ0) is 10.1. The summed E-state index contributed by atoms with van der Waals surface area (Å²) in [6, 6.07) is 0. The third-order valence-corrected chi connectivity index (χ3v) is 3.12. The van der Waals surface area contributed by atoms with Crippen molar-refractivity contribution in [3.8, 4) is 0 Å². The smallest absolute Gasteiger partial charge is 0.307 e. The van der Waals surface area contributed by atoms with Crippen LogP contribution in [0, 0.1) is 0 Å². The maximum absolute atomic E-state index is 10.8. The first-order valence-electron chi connectivity index (χ1n) is 3.78. The largest absolute Gasteiger partial charge is 0.481 e. The van der Waals surface area contributed by atoms with Crippen LogP contribution in [0.25, 0.3) is 0 Å². The number of carboxylic acid groups (broad SMARTS) is 1. The first-order chi connectivity index (χ1) is 6.16. The van der Waals surface area contributed by atoms with Crippen LogP contribution < -0.4 is 0 Å². The molecular weight excluding hydrogens is 212 g/mol. The first kappa shape index (κ1) is 12.6. The predicted octanol–water partition coefficient (Wildman–Crippen LogP) is 1.75. The van der Waals surface area contributed by atoms with E-state index in [9.17, 15) is 9.59 Å². The van der Waals surface area contributed by atoms with Crippen molar-refractivity contribution in [2.45, 2.75) is 19.8 Å². The Morgan fingerprint density at radius 3 is 2.54 bits per heavy atom. The molecule has 0 aliphatic carbocycles. The number of ether oxygens (including phenoxy) is 1. The highest BCUT2D eigenvalue weighted by Crippen LogP contribution is 2.20. The van der Waals surface area contributed by atoms with Crippen molar-refractivity contribution < 1.29 is 19.4 Å². The average Bonchev–Trinajstić information content (AvgIpc) is 2.09. The molecule has 0 saturated heterocycles. The minimum Gasteiger partial charge on any atom is -0.481 e. The van der Waals surface area contributed by atoms with E-state index >= 15 is 0 Å². The molecule has 0 amide bonds. The summed E-state index contributed by atoms with van der Waals surface area (Å²) in [7, 11) is 3.04. The normalized spacial score (nSPS) is 9.62. The molecule has 6 heteroatoms. The van der Waals surface area contributed by atoms with E-state index in [2.05, 4.69) is 0 Å². The molecule has 0 spiro atoms. The van der Waals surface area contributed by atoms with Gasteiger partial charge in [0.2, 0.25) is 0 Å². The third-order valence-electron chi connectivity index (χ3n) is 1.01. The summed E-state index contributed by atoms with van der Waals surface area (Å²) in [6.45, 7) is 2.00. The van der Waals surface area contributed by atoms with Crippen molar-refractivity contribution in [2.24, 2.45) is 0 Å². The molecule has 0 saturated carbocycles. The molecule has 0 aromatic rings. The summed E-state index contributed by atoms with van der Waals surface area (Å²) < 4.78 is 4.73. The average molecular weight is 224 g/mol. The fourth-order valence-electron chi connectivity index (χ4n) is 0.488. The van der Waals surface area contributed by atoms with Crippen LogP contribution in [0.1, 0.15) is 19.8 Å². The lowest BCUT2D eigenvalue weighted by Gasteiger charge is -2.01. The Balaban J connectivity index is 3.25. The Labute approximate surface area is 84.8 Å². The van der Waals surface area contributed by atoms with E-state index in [1.807, 2.05) is 6.92 Å². The fourth-order valence-corrected chi connectivity index (χ4v) is 1.75. The number of carboxylic acids is 1. The van der Waals surface area contributed by atoms with Crippen molar-refractivity contribution >= 4 is 33.5 Å². The summed E-state index contributed by atoms with van der Waals surface area (Å²) in [5, 5.41) is 8.25. The number of rotatable bonds is 7. The molecule has 0 bridgehead atoms. The molecule has 0 radical (unpaired) electrons. The molecular formula is C7H12O4S2. The molecule has 13 heavy (non-hydrogen) atoms. The molecule has 0 rings (SSSR count). The van der Waals surface area contributed by atoms with Crippen LogP contribution in [0.5, 0.6) is 0 Å². The lowest BCUT2D eigenvalue weighted by atomic mass is 10.3. The second kappa shape index (κ2) is 8.25. The first-order valence-corrected chi connectivity index (χ1v) is 6.27. The van der Waals surface area contributed by atoms with E-state index < -0.39 is 11.9 Å². The van der Waals surface area contributed by atoms with Gasteiger partial charge in [0.05, 0.1) is 12.8 Å². The van der Waals surface area contributed by atoms with Gasteiger partial charge in [0, 0.05) is 5.75 Å². The Kier molecular flexibility index (Phi) is 8.02. The van der Waals surface area contributed by atoms with Crippen LogP contribution >= 0.6 is 21.6 Å².